The summed E-state index contributed by atoms with van der Waals surface area (Å²) in [5, 5.41) is 5.56. The Morgan fingerprint density at radius 3 is 1.40 bits per heavy atom. The monoisotopic (exact) mass is 878 g/mol. The number of amides is 1. The Bertz CT molecular complexity index is 1100. The number of carbonyl (C=O) groups is 3. The maximum Gasteiger partial charge on any atom is 0.472 e. The fourth-order valence-electron chi connectivity index (χ4n) is 6.70. The third-order valence-corrected chi connectivity index (χ3v) is 11.2. The van der Waals surface area contributed by atoms with Gasteiger partial charge in [-0.15, -0.1) is 0 Å². The van der Waals surface area contributed by atoms with Crippen molar-refractivity contribution < 1.29 is 47.1 Å². The number of rotatable bonds is 45. The Balaban J connectivity index is 0. The second-order valence-corrected chi connectivity index (χ2v) is 17.3. The summed E-state index contributed by atoms with van der Waals surface area (Å²) in [6, 6.07) is 0. The average molecular weight is 878 g/mol. The van der Waals surface area contributed by atoms with Gasteiger partial charge < -0.3 is 30.6 Å². The number of phosphoric ester groups is 1. The Morgan fingerprint density at radius 2 is 0.983 bits per heavy atom. The van der Waals surface area contributed by atoms with Gasteiger partial charge in [-0.25, -0.2) is 9.36 Å². The Kier molecular flexibility index (Phi) is 45.9. The van der Waals surface area contributed by atoms with Gasteiger partial charge in [0.2, 0.25) is 0 Å². The van der Waals surface area contributed by atoms with Crippen molar-refractivity contribution in [2.75, 3.05) is 39.5 Å². The van der Waals surface area contributed by atoms with Crippen molar-refractivity contribution in [3.63, 3.8) is 0 Å². The molecule has 1 unspecified atom stereocenters. The first-order valence-corrected chi connectivity index (χ1v) is 25.1. The molecule has 16 heteroatoms. The molecule has 0 fully saturated rings. The topological polar surface area (TPSA) is 230 Å². The van der Waals surface area contributed by atoms with Gasteiger partial charge >= 0.3 is 25.9 Å². The molecule has 2 atom stereocenters. The van der Waals surface area contributed by atoms with Gasteiger partial charge in [0, 0.05) is 24.3 Å². The van der Waals surface area contributed by atoms with Crippen LogP contribution in [0.2, 0.25) is 0 Å². The molecule has 0 aromatic rings. The number of hydrogen-bond acceptors (Lipinski definition) is 11. The molecule has 0 bridgehead atoms. The van der Waals surface area contributed by atoms with E-state index in [-0.39, 0.29) is 51.9 Å². The highest BCUT2D eigenvalue weighted by atomic mass is 31.2. The van der Waals surface area contributed by atoms with E-state index in [2.05, 4.69) is 29.2 Å². The molecule has 0 radical (unpaired) electrons. The second-order valence-electron chi connectivity index (χ2n) is 15.8. The molecular formula is C44H88N5O10P. The third-order valence-electron chi connectivity index (χ3n) is 10.2. The van der Waals surface area contributed by atoms with Crippen LogP contribution in [0, 0.1) is 0 Å². The molecule has 0 aliphatic rings. The zero-order valence-electron chi connectivity index (χ0n) is 38.1. The summed E-state index contributed by atoms with van der Waals surface area (Å²) in [6.07, 6.45) is 35.1. The highest BCUT2D eigenvalue weighted by molar-refractivity contribution is 7.47. The van der Waals surface area contributed by atoms with Gasteiger partial charge in [-0.1, -0.05) is 199 Å². The molecule has 0 aliphatic heterocycles. The van der Waals surface area contributed by atoms with E-state index >= 15 is 0 Å². The summed E-state index contributed by atoms with van der Waals surface area (Å²) in [5.74, 6) is -0.924. The summed E-state index contributed by atoms with van der Waals surface area (Å²) < 4.78 is 38.2. The second kappa shape index (κ2) is 46.1. The quantitative estimate of drug-likeness (QED) is 0.00990. The lowest BCUT2D eigenvalue weighted by molar-refractivity contribution is -0.161. The van der Waals surface area contributed by atoms with E-state index in [0.29, 0.717) is 12.8 Å². The minimum Gasteiger partial charge on any atom is -0.462 e. The van der Waals surface area contributed by atoms with Gasteiger partial charge in [-0.2, -0.15) is 0 Å². The zero-order valence-corrected chi connectivity index (χ0v) is 39.0. The van der Waals surface area contributed by atoms with Crippen molar-refractivity contribution in [3.8, 4) is 0 Å². The highest BCUT2D eigenvalue weighted by Crippen LogP contribution is 2.43. The Morgan fingerprint density at radius 1 is 0.583 bits per heavy atom. The van der Waals surface area contributed by atoms with Crippen molar-refractivity contribution >= 4 is 25.9 Å². The van der Waals surface area contributed by atoms with Crippen LogP contribution >= 0.6 is 7.82 Å². The maximum atomic E-state index is 12.7. The number of hydrogen-bond donors (Lipinski definition) is 3. The number of nitrogens with zero attached hydrogens (tertiary/aromatic N) is 3. The Hall–Kier alpha value is -2.41. The molecule has 354 valence electrons. The van der Waals surface area contributed by atoms with Gasteiger partial charge in [0.05, 0.1) is 26.4 Å². The molecule has 60 heavy (non-hydrogen) atoms. The highest BCUT2D eigenvalue weighted by Gasteiger charge is 2.26. The first kappa shape index (κ1) is 59.7. The van der Waals surface area contributed by atoms with Crippen molar-refractivity contribution in [2.45, 2.75) is 225 Å². The van der Waals surface area contributed by atoms with Crippen LogP contribution in [-0.4, -0.2) is 68.5 Å². The van der Waals surface area contributed by atoms with Gasteiger partial charge in [-0.3, -0.25) is 18.6 Å². The number of esters is 2. The summed E-state index contributed by atoms with van der Waals surface area (Å²) >= 11 is 0. The van der Waals surface area contributed by atoms with E-state index in [1.54, 1.807) is 0 Å². The van der Waals surface area contributed by atoms with E-state index in [1.807, 2.05) is 0 Å². The number of carbonyl (C=O) groups excluding carboxylic acids is 3. The van der Waals surface area contributed by atoms with Gasteiger partial charge in [0.25, 0.3) is 0 Å². The summed E-state index contributed by atoms with van der Waals surface area (Å²) in [4.78, 5) is 49.6. The summed E-state index contributed by atoms with van der Waals surface area (Å²) in [5.41, 5.74) is 8.25. The van der Waals surface area contributed by atoms with E-state index in [1.165, 1.54) is 141 Å². The van der Waals surface area contributed by atoms with Gasteiger partial charge in [0.1, 0.15) is 6.61 Å². The van der Waals surface area contributed by atoms with Gasteiger partial charge in [0.15, 0.2) is 6.10 Å². The van der Waals surface area contributed by atoms with E-state index < -0.39 is 38.6 Å². The average Bonchev–Trinajstić information content (AvgIpc) is 3.22. The van der Waals surface area contributed by atoms with Crippen LogP contribution < -0.4 is 11.5 Å². The van der Waals surface area contributed by atoms with Crippen molar-refractivity contribution in [1.82, 2.24) is 11.5 Å². The van der Waals surface area contributed by atoms with Gasteiger partial charge in [-0.05, 0) is 18.4 Å². The molecule has 0 rings (SSSR count). The van der Waals surface area contributed by atoms with Crippen LogP contribution in [0.5, 0.6) is 0 Å². The molecule has 0 spiro atoms. The zero-order chi connectivity index (χ0) is 43.3. The normalized spacial score (nSPS) is 12.4. The molecule has 0 aromatic heterocycles. The summed E-state index contributed by atoms with van der Waals surface area (Å²) in [6.45, 7) is 2.96. The first-order chi connectivity index (χ1) is 28.7. The lowest BCUT2D eigenvalue weighted by Crippen LogP contribution is -2.30. The number of alkyl carbamates (subject to hydrolysis) is 1. The standard InChI is InChI=1S/C44H85N4O10P.H3N/c1-3-5-7-9-11-13-15-17-19-21-23-25-27-29-31-33-42(49)55-39-41(40-57-59(52,53)56-38-35-46-44(51)54-37-36-47-48-45)58-43(50)34-32-30-28-26-24-22-20-18-16-14-12-10-8-6-4-2;/h41H,3-40H2,1-2H3,(H,46,51)(H,52,53);1H3/t41-;/m1./s1. The van der Waals surface area contributed by atoms with Crippen molar-refractivity contribution in [3.05, 3.63) is 10.4 Å². The van der Waals surface area contributed by atoms with E-state index in [4.69, 9.17) is 28.8 Å². The number of phosphoric acid groups is 1. The molecule has 5 N–H and O–H groups in total. The molecule has 1 amide bonds. The third kappa shape index (κ3) is 45.1. The molecule has 0 aromatic carbocycles. The molecule has 0 heterocycles. The van der Waals surface area contributed by atoms with Crippen LogP contribution in [0.1, 0.15) is 219 Å². The van der Waals surface area contributed by atoms with Crippen LogP contribution in [0.3, 0.4) is 0 Å². The number of azide groups is 1. The molecular weight excluding hydrogens is 789 g/mol. The van der Waals surface area contributed by atoms with Crippen LogP contribution in [0.15, 0.2) is 5.11 Å². The fraction of sp³-hybridized carbons (Fsp3) is 0.932. The SMILES string of the molecule is CCCCCCCCCCCCCCCCCC(=O)OC[C@H](COP(=O)(O)OCCNC(=O)OCCN=[N+]=[N-])OC(=O)CCCCCCCCCCCCCCCCC.N. The number of unbranched alkanes of at least 4 members (excludes halogenated alkanes) is 28. The molecule has 0 saturated heterocycles. The van der Waals surface area contributed by atoms with Crippen molar-refractivity contribution in [1.29, 1.82) is 0 Å². The smallest absolute Gasteiger partial charge is 0.462 e. The molecule has 0 saturated carbocycles. The molecule has 15 nitrogen and oxygen atoms in total. The van der Waals surface area contributed by atoms with E-state index in [0.717, 1.165) is 38.5 Å². The number of ether oxygens (including phenoxy) is 3. The molecule has 0 aliphatic carbocycles. The predicted molar refractivity (Wildman–Crippen MR) is 240 cm³/mol. The minimum absolute atomic E-state index is 0. The lowest BCUT2D eigenvalue weighted by Gasteiger charge is -2.20. The fourth-order valence-corrected chi connectivity index (χ4v) is 7.46. The minimum atomic E-state index is -4.61. The Labute approximate surface area is 364 Å². The van der Waals surface area contributed by atoms with Crippen molar-refractivity contribution in [2.24, 2.45) is 5.11 Å². The number of nitrogens with one attached hydrogen (secondary N) is 1. The van der Waals surface area contributed by atoms with Crippen LogP contribution in [0.4, 0.5) is 4.79 Å². The first-order valence-electron chi connectivity index (χ1n) is 23.6. The van der Waals surface area contributed by atoms with Crippen LogP contribution in [-0.2, 0) is 37.4 Å². The lowest BCUT2D eigenvalue weighted by atomic mass is 10.0. The summed E-state index contributed by atoms with van der Waals surface area (Å²) in [7, 11) is -4.61. The van der Waals surface area contributed by atoms with Crippen LogP contribution in [0.25, 0.3) is 10.4 Å². The van der Waals surface area contributed by atoms with E-state index in [9.17, 15) is 23.8 Å². The maximum absolute atomic E-state index is 12.7. The largest absolute Gasteiger partial charge is 0.472 e. The predicted octanol–water partition coefficient (Wildman–Crippen LogP) is 13.3.